The highest BCUT2D eigenvalue weighted by atomic mass is 16.3. The van der Waals surface area contributed by atoms with Crippen LogP contribution >= 0.6 is 0 Å². The first-order chi connectivity index (χ1) is 6.04. The van der Waals surface area contributed by atoms with Crippen molar-refractivity contribution in [1.82, 2.24) is 4.90 Å². The SMILES string of the molecule is CC(=O)[C@H](O)N1C(=O)C=CCC1=O. The fourth-order valence-electron chi connectivity index (χ4n) is 1.00. The molecule has 0 aromatic rings. The molecule has 5 heteroatoms. The third kappa shape index (κ3) is 1.81. The van der Waals surface area contributed by atoms with E-state index in [-0.39, 0.29) is 6.42 Å². The summed E-state index contributed by atoms with van der Waals surface area (Å²) < 4.78 is 0. The van der Waals surface area contributed by atoms with E-state index in [0.29, 0.717) is 4.90 Å². The molecule has 0 unspecified atom stereocenters. The summed E-state index contributed by atoms with van der Waals surface area (Å²) in [6.45, 7) is 1.11. The first-order valence-corrected chi connectivity index (χ1v) is 3.75. The Morgan fingerprint density at radius 2 is 2.23 bits per heavy atom. The van der Waals surface area contributed by atoms with Gasteiger partial charge in [-0.05, 0) is 6.92 Å². The number of imide groups is 1. The average molecular weight is 183 g/mol. The molecule has 0 spiro atoms. The maximum Gasteiger partial charge on any atom is 0.255 e. The normalized spacial score (nSPS) is 19.1. The molecule has 0 aromatic heterocycles. The van der Waals surface area contributed by atoms with Gasteiger partial charge in [0, 0.05) is 12.5 Å². The highest BCUT2D eigenvalue weighted by Crippen LogP contribution is 2.08. The van der Waals surface area contributed by atoms with Gasteiger partial charge in [-0.2, -0.15) is 0 Å². The molecular weight excluding hydrogens is 174 g/mol. The quantitative estimate of drug-likeness (QED) is 0.569. The van der Waals surface area contributed by atoms with E-state index in [1.54, 1.807) is 0 Å². The van der Waals surface area contributed by atoms with Gasteiger partial charge in [-0.3, -0.25) is 14.4 Å². The minimum absolute atomic E-state index is 0.0378. The van der Waals surface area contributed by atoms with E-state index in [2.05, 4.69) is 0 Å². The lowest BCUT2D eigenvalue weighted by molar-refractivity contribution is -0.159. The van der Waals surface area contributed by atoms with Gasteiger partial charge < -0.3 is 5.11 Å². The highest BCUT2D eigenvalue weighted by Gasteiger charge is 2.30. The van der Waals surface area contributed by atoms with Crippen molar-refractivity contribution in [2.45, 2.75) is 19.6 Å². The second-order valence-electron chi connectivity index (χ2n) is 2.69. The Morgan fingerprint density at radius 3 is 2.69 bits per heavy atom. The molecule has 0 aliphatic carbocycles. The van der Waals surface area contributed by atoms with Gasteiger partial charge in [0.05, 0.1) is 0 Å². The summed E-state index contributed by atoms with van der Waals surface area (Å²) in [5.41, 5.74) is 0. The number of nitrogens with zero attached hydrogens (tertiary/aromatic N) is 1. The number of carbonyl (C=O) groups excluding carboxylic acids is 3. The summed E-state index contributed by atoms with van der Waals surface area (Å²) in [4.78, 5) is 33.4. The smallest absolute Gasteiger partial charge is 0.255 e. The minimum atomic E-state index is -1.65. The number of hydrogen-bond acceptors (Lipinski definition) is 4. The molecule has 0 saturated carbocycles. The fourth-order valence-corrected chi connectivity index (χ4v) is 1.00. The Hall–Kier alpha value is -1.49. The number of hydrogen-bond donors (Lipinski definition) is 1. The van der Waals surface area contributed by atoms with Crippen LogP contribution in [0.3, 0.4) is 0 Å². The summed E-state index contributed by atoms with van der Waals surface area (Å²) in [6, 6.07) is 0. The Labute approximate surface area is 74.6 Å². The summed E-state index contributed by atoms with van der Waals surface area (Å²) in [7, 11) is 0. The van der Waals surface area contributed by atoms with Gasteiger partial charge in [0.15, 0.2) is 12.0 Å². The molecule has 0 aromatic carbocycles. The first-order valence-electron chi connectivity index (χ1n) is 3.75. The molecule has 0 bridgehead atoms. The van der Waals surface area contributed by atoms with Crippen LogP contribution in [-0.2, 0) is 14.4 Å². The summed E-state index contributed by atoms with van der Waals surface area (Å²) in [5.74, 6) is -1.84. The van der Waals surface area contributed by atoms with E-state index in [4.69, 9.17) is 0 Å². The zero-order chi connectivity index (χ0) is 10.0. The number of carbonyl (C=O) groups is 3. The van der Waals surface area contributed by atoms with Crippen LogP contribution in [0, 0.1) is 0 Å². The molecule has 0 radical (unpaired) electrons. The van der Waals surface area contributed by atoms with E-state index in [1.165, 1.54) is 6.08 Å². The van der Waals surface area contributed by atoms with Crippen LogP contribution in [0.25, 0.3) is 0 Å². The summed E-state index contributed by atoms with van der Waals surface area (Å²) >= 11 is 0. The molecular formula is C8H9NO4. The van der Waals surface area contributed by atoms with Crippen molar-refractivity contribution >= 4 is 17.6 Å². The van der Waals surface area contributed by atoms with Crippen molar-refractivity contribution in [2.75, 3.05) is 0 Å². The predicted molar refractivity (Wildman–Crippen MR) is 42.3 cm³/mol. The lowest BCUT2D eigenvalue weighted by Crippen LogP contribution is -2.48. The topological polar surface area (TPSA) is 74.7 Å². The van der Waals surface area contributed by atoms with E-state index in [9.17, 15) is 19.5 Å². The Morgan fingerprint density at radius 1 is 1.62 bits per heavy atom. The molecule has 1 aliphatic rings. The maximum absolute atomic E-state index is 11.1. The molecule has 1 rings (SSSR count). The standard InChI is InChI=1S/C8H9NO4/c1-5(10)8(13)9-6(11)3-2-4-7(9)12/h2-3,8,13H,4H2,1H3/t8-/m0/s1. The van der Waals surface area contributed by atoms with Crippen LogP contribution in [0.2, 0.25) is 0 Å². The number of ketones is 1. The molecule has 5 nitrogen and oxygen atoms in total. The molecule has 70 valence electrons. The molecule has 1 aliphatic heterocycles. The van der Waals surface area contributed by atoms with Crippen LogP contribution in [0.4, 0.5) is 0 Å². The van der Waals surface area contributed by atoms with Gasteiger partial charge in [0.25, 0.3) is 5.91 Å². The highest BCUT2D eigenvalue weighted by molar-refractivity contribution is 6.06. The number of rotatable bonds is 2. The number of amides is 2. The van der Waals surface area contributed by atoms with Gasteiger partial charge in [-0.25, -0.2) is 4.90 Å². The Bertz CT molecular complexity index is 295. The van der Waals surface area contributed by atoms with Gasteiger partial charge in [-0.15, -0.1) is 0 Å². The number of aliphatic hydroxyl groups is 1. The van der Waals surface area contributed by atoms with Crippen molar-refractivity contribution in [3.63, 3.8) is 0 Å². The summed E-state index contributed by atoms with van der Waals surface area (Å²) in [5, 5.41) is 9.19. The molecule has 1 heterocycles. The lowest BCUT2D eigenvalue weighted by atomic mass is 10.2. The van der Waals surface area contributed by atoms with Crippen molar-refractivity contribution < 1.29 is 19.5 Å². The van der Waals surface area contributed by atoms with E-state index >= 15 is 0 Å². The zero-order valence-corrected chi connectivity index (χ0v) is 7.06. The molecule has 1 atom stereocenters. The lowest BCUT2D eigenvalue weighted by Gasteiger charge is -2.24. The second kappa shape index (κ2) is 3.49. The minimum Gasteiger partial charge on any atom is -0.366 e. The third-order valence-electron chi connectivity index (χ3n) is 1.67. The summed E-state index contributed by atoms with van der Waals surface area (Å²) in [6.07, 6.45) is 0.947. The monoisotopic (exact) mass is 183 g/mol. The number of Topliss-reactive ketones (excluding diaryl/α,β-unsaturated/α-hetero) is 1. The largest absolute Gasteiger partial charge is 0.366 e. The second-order valence-corrected chi connectivity index (χ2v) is 2.69. The van der Waals surface area contributed by atoms with Crippen molar-refractivity contribution in [1.29, 1.82) is 0 Å². The molecule has 13 heavy (non-hydrogen) atoms. The molecule has 0 fully saturated rings. The van der Waals surface area contributed by atoms with Gasteiger partial charge in [-0.1, -0.05) is 6.08 Å². The van der Waals surface area contributed by atoms with Crippen LogP contribution in [0.5, 0.6) is 0 Å². The van der Waals surface area contributed by atoms with Gasteiger partial charge >= 0.3 is 0 Å². The third-order valence-corrected chi connectivity index (χ3v) is 1.67. The first kappa shape index (κ1) is 9.60. The van der Waals surface area contributed by atoms with E-state index < -0.39 is 23.8 Å². The van der Waals surface area contributed by atoms with Crippen LogP contribution < -0.4 is 0 Å². The van der Waals surface area contributed by atoms with E-state index in [0.717, 1.165) is 13.0 Å². The van der Waals surface area contributed by atoms with Gasteiger partial charge in [0.2, 0.25) is 5.91 Å². The molecule has 2 amide bonds. The van der Waals surface area contributed by atoms with Crippen LogP contribution in [0.1, 0.15) is 13.3 Å². The Balaban J connectivity index is 2.89. The predicted octanol–water partition coefficient (Wildman–Crippen LogP) is -0.791. The maximum atomic E-state index is 11.1. The van der Waals surface area contributed by atoms with Gasteiger partial charge in [0.1, 0.15) is 0 Å². The van der Waals surface area contributed by atoms with Crippen LogP contribution in [0.15, 0.2) is 12.2 Å². The zero-order valence-electron chi connectivity index (χ0n) is 7.06. The van der Waals surface area contributed by atoms with Crippen molar-refractivity contribution in [3.8, 4) is 0 Å². The van der Waals surface area contributed by atoms with Crippen molar-refractivity contribution in [3.05, 3.63) is 12.2 Å². The fraction of sp³-hybridized carbons (Fsp3) is 0.375. The van der Waals surface area contributed by atoms with E-state index in [1.807, 2.05) is 0 Å². The van der Waals surface area contributed by atoms with Crippen molar-refractivity contribution in [2.24, 2.45) is 0 Å². The molecule has 1 N–H and O–H groups in total. The van der Waals surface area contributed by atoms with Crippen LogP contribution in [-0.4, -0.2) is 33.8 Å². The Kier molecular flexibility index (Phi) is 2.57. The number of aliphatic hydroxyl groups excluding tert-OH is 1. The molecule has 0 saturated heterocycles. The average Bonchev–Trinajstić information content (AvgIpc) is 2.03.